The maximum atomic E-state index is 10.0. The summed E-state index contributed by atoms with van der Waals surface area (Å²) in [6.45, 7) is 1.42. The van der Waals surface area contributed by atoms with Gasteiger partial charge in [-0.15, -0.1) is 0 Å². The number of nitrogens with one attached hydrogen (secondary N) is 1. The van der Waals surface area contributed by atoms with Crippen LogP contribution in [0, 0.1) is 6.92 Å². The molecule has 0 spiro atoms. The minimum absolute atomic E-state index is 0.454. The summed E-state index contributed by atoms with van der Waals surface area (Å²) in [6.07, 6.45) is -6.47. The molecule has 1 aliphatic rings. The van der Waals surface area contributed by atoms with Gasteiger partial charge < -0.3 is 34.9 Å². The van der Waals surface area contributed by atoms with Crippen molar-refractivity contribution in [2.24, 2.45) is 0 Å². The van der Waals surface area contributed by atoms with Gasteiger partial charge >= 0.3 is 0 Å². The fourth-order valence-corrected chi connectivity index (χ4v) is 2.66. The lowest BCUT2D eigenvalue weighted by Gasteiger charge is -2.39. The van der Waals surface area contributed by atoms with Crippen LogP contribution in [0.1, 0.15) is 5.69 Å². The number of H-pyrrole nitrogens is 1. The van der Waals surface area contributed by atoms with Crippen LogP contribution in [0.3, 0.4) is 0 Å². The topological polar surface area (TPSA) is 115 Å². The number of aromatic nitrogens is 1. The molecule has 5 atom stereocenters. The first-order valence-electron chi connectivity index (χ1n) is 7.07. The molecule has 5 N–H and O–H groups in total. The summed E-state index contributed by atoms with van der Waals surface area (Å²) in [4.78, 5) is 3.15. The summed E-state index contributed by atoms with van der Waals surface area (Å²) in [6, 6.07) is 7.38. The van der Waals surface area contributed by atoms with Crippen LogP contribution >= 0.6 is 0 Å². The van der Waals surface area contributed by atoms with E-state index in [9.17, 15) is 20.4 Å². The quantitative estimate of drug-likeness (QED) is 0.530. The van der Waals surface area contributed by atoms with Crippen LogP contribution in [0.2, 0.25) is 0 Å². The standard InChI is InChI=1S/C15H19NO6/c1-7-5-8-3-2-4-9(11(8)16-7)21-15-14(20)13(19)12(18)10(6-17)22-15/h2-5,10,12-20H,6H2,1H3/t10-,12-,13+,14+,15-/m1/s1. The van der Waals surface area contributed by atoms with Crippen molar-refractivity contribution in [2.75, 3.05) is 6.61 Å². The number of aliphatic hydroxyl groups is 4. The van der Waals surface area contributed by atoms with Gasteiger partial charge in [0.2, 0.25) is 6.29 Å². The zero-order valence-corrected chi connectivity index (χ0v) is 12.0. The van der Waals surface area contributed by atoms with Crippen LogP contribution in [-0.2, 0) is 4.74 Å². The van der Waals surface area contributed by atoms with E-state index in [4.69, 9.17) is 9.47 Å². The molecule has 7 heteroatoms. The Hall–Kier alpha value is -1.64. The van der Waals surface area contributed by atoms with Gasteiger partial charge in [-0.3, -0.25) is 0 Å². The molecule has 0 amide bonds. The van der Waals surface area contributed by atoms with Crippen molar-refractivity contribution in [1.29, 1.82) is 0 Å². The highest BCUT2D eigenvalue weighted by atomic mass is 16.7. The normalized spacial score (nSPS) is 32.3. The molecule has 0 bridgehead atoms. The first-order valence-corrected chi connectivity index (χ1v) is 7.07. The zero-order chi connectivity index (χ0) is 15.9. The molecule has 1 fully saturated rings. The number of para-hydroxylation sites is 1. The van der Waals surface area contributed by atoms with E-state index < -0.39 is 37.3 Å². The Morgan fingerprint density at radius 1 is 1.18 bits per heavy atom. The Balaban J connectivity index is 1.87. The van der Waals surface area contributed by atoms with Crippen LogP contribution in [0.5, 0.6) is 5.75 Å². The summed E-state index contributed by atoms with van der Waals surface area (Å²) < 4.78 is 11.0. The van der Waals surface area contributed by atoms with E-state index in [1.165, 1.54) is 0 Å². The van der Waals surface area contributed by atoms with Gasteiger partial charge in [-0.25, -0.2) is 0 Å². The van der Waals surface area contributed by atoms with E-state index in [-0.39, 0.29) is 0 Å². The Bertz CT molecular complexity index is 655. The fourth-order valence-electron chi connectivity index (χ4n) is 2.66. The number of benzene rings is 1. The second-order valence-corrected chi connectivity index (χ2v) is 5.49. The number of hydrogen-bond acceptors (Lipinski definition) is 6. The zero-order valence-electron chi connectivity index (χ0n) is 12.0. The van der Waals surface area contributed by atoms with Crippen molar-refractivity contribution in [3.05, 3.63) is 30.0 Å². The van der Waals surface area contributed by atoms with Gasteiger partial charge in [-0.2, -0.15) is 0 Å². The summed E-state index contributed by atoms with van der Waals surface area (Å²) >= 11 is 0. The molecular formula is C15H19NO6. The second kappa shape index (κ2) is 5.86. The van der Waals surface area contributed by atoms with Gasteiger partial charge in [0.05, 0.1) is 12.1 Å². The first kappa shape index (κ1) is 15.3. The third-order valence-electron chi connectivity index (χ3n) is 3.84. The molecule has 1 aliphatic heterocycles. The van der Waals surface area contributed by atoms with Gasteiger partial charge in [0.25, 0.3) is 0 Å². The maximum Gasteiger partial charge on any atom is 0.229 e. The Labute approximate surface area is 126 Å². The van der Waals surface area contributed by atoms with E-state index in [0.717, 1.165) is 16.6 Å². The smallest absolute Gasteiger partial charge is 0.229 e. The second-order valence-electron chi connectivity index (χ2n) is 5.49. The number of aliphatic hydroxyl groups excluding tert-OH is 4. The van der Waals surface area contributed by atoms with Crippen LogP contribution < -0.4 is 4.74 Å². The lowest BCUT2D eigenvalue weighted by atomic mass is 9.99. The minimum atomic E-state index is -1.46. The molecule has 0 saturated carbocycles. The van der Waals surface area contributed by atoms with E-state index in [1.807, 2.05) is 19.1 Å². The van der Waals surface area contributed by atoms with Gasteiger partial charge in [-0.1, -0.05) is 12.1 Å². The molecule has 1 aromatic heterocycles. The third-order valence-corrected chi connectivity index (χ3v) is 3.84. The molecule has 2 heterocycles. The molecule has 2 aromatic rings. The number of aryl methyl sites for hydroxylation is 1. The lowest BCUT2D eigenvalue weighted by Crippen LogP contribution is -2.60. The highest BCUT2D eigenvalue weighted by Crippen LogP contribution is 2.29. The van der Waals surface area contributed by atoms with E-state index in [2.05, 4.69) is 4.98 Å². The average Bonchev–Trinajstić information content (AvgIpc) is 2.89. The average molecular weight is 309 g/mol. The number of hydrogen-bond donors (Lipinski definition) is 5. The van der Waals surface area contributed by atoms with E-state index in [1.54, 1.807) is 12.1 Å². The monoisotopic (exact) mass is 309 g/mol. The first-order chi connectivity index (χ1) is 10.5. The highest BCUT2D eigenvalue weighted by molar-refractivity contribution is 5.86. The number of fused-ring (bicyclic) bond motifs is 1. The Morgan fingerprint density at radius 3 is 2.68 bits per heavy atom. The molecule has 1 aromatic carbocycles. The minimum Gasteiger partial charge on any atom is -0.460 e. The lowest BCUT2D eigenvalue weighted by molar-refractivity contribution is -0.277. The van der Waals surface area contributed by atoms with E-state index >= 15 is 0 Å². The molecule has 3 rings (SSSR count). The summed E-state index contributed by atoms with van der Waals surface area (Å²) in [7, 11) is 0. The molecule has 0 aliphatic carbocycles. The SMILES string of the molecule is Cc1cc2cccc(O[C@@H]3O[C@H](CO)[C@@H](O)[C@H](O)[C@@H]3O)c2[nH]1. The van der Waals surface area contributed by atoms with Gasteiger partial charge in [0.15, 0.2) is 0 Å². The van der Waals surface area contributed by atoms with Gasteiger partial charge in [-0.05, 0) is 19.1 Å². The van der Waals surface area contributed by atoms with Crippen LogP contribution in [0.15, 0.2) is 24.3 Å². The summed E-state index contributed by atoms with van der Waals surface area (Å²) in [5.41, 5.74) is 1.71. The third kappa shape index (κ3) is 2.57. The van der Waals surface area contributed by atoms with Crippen LogP contribution in [0.4, 0.5) is 0 Å². The Morgan fingerprint density at radius 2 is 1.95 bits per heavy atom. The Kier molecular flexibility index (Phi) is 4.07. The number of aromatic amines is 1. The van der Waals surface area contributed by atoms with Crippen LogP contribution in [0.25, 0.3) is 10.9 Å². The largest absolute Gasteiger partial charge is 0.460 e. The van der Waals surface area contributed by atoms with Crippen molar-refractivity contribution in [3.8, 4) is 5.75 Å². The fraction of sp³-hybridized carbons (Fsp3) is 0.467. The van der Waals surface area contributed by atoms with Gasteiger partial charge in [0, 0.05) is 11.1 Å². The predicted molar refractivity (Wildman–Crippen MR) is 77.4 cm³/mol. The van der Waals surface area contributed by atoms with Crippen molar-refractivity contribution in [2.45, 2.75) is 37.6 Å². The maximum absolute atomic E-state index is 10.0. The van der Waals surface area contributed by atoms with Crippen molar-refractivity contribution in [1.82, 2.24) is 4.98 Å². The van der Waals surface area contributed by atoms with E-state index in [0.29, 0.717) is 5.75 Å². The van der Waals surface area contributed by atoms with Gasteiger partial charge in [0.1, 0.15) is 30.2 Å². The van der Waals surface area contributed by atoms with Crippen molar-refractivity contribution >= 4 is 10.9 Å². The highest BCUT2D eigenvalue weighted by Gasteiger charge is 2.44. The molecule has 1 saturated heterocycles. The van der Waals surface area contributed by atoms with Crippen LogP contribution in [-0.4, -0.2) is 62.7 Å². The molecule has 120 valence electrons. The molecule has 22 heavy (non-hydrogen) atoms. The summed E-state index contributed by atoms with van der Waals surface area (Å²) in [5.74, 6) is 0.454. The summed E-state index contributed by atoms with van der Waals surface area (Å²) in [5, 5.41) is 39.7. The number of ether oxygens (including phenoxy) is 2. The molecule has 0 unspecified atom stereocenters. The molecule has 7 nitrogen and oxygen atoms in total. The molecule has 0 radical (unpaired) electrons. The predicted octanol–water partition coefficient (Wildman–Crippen LogP) is -0.345. The van der Waals surface area contributed by atoms with Crippen molar-refractivity contribution in [3.63, 3.8) is 0 Å². The number of rotatable bonds is 3. The molecular weight excluding hydrogens is 290 g/mol. The van der Waals surface area contributed by atoms with Crippen molar-refractivity contribution < 1.29 is 29.9 Å².